The van der Waals surface area contributed by atoms with Crippen LogP contribution >= 0.6 is 12.2 Å². The minimum Gasteiger partial charge on any atom is -0.326 e. The number of nitrogens with one attached hydrogen (secondary N) is 4. The molecule has 0 aromatic heterocycles. The molecule has 1 aromatic rings. The third-order valence-electron chi connectivity index (χ3n) is 3.04. The Labute approximate surface area is 152 Å². The molecular formula is C17H24N4O3S. The molecule has 8 heteroatoms. The van der Waals surface area contributed by atoms with Crippen molar-refractivity contribution >= 4 is 40.7 Å². The van der Waals surface area contributed by atoms with E-state index in [1.165, 1.54) is 0 Å². The van der Waals surface area contributed by atoms with Gasteiger partial charge in [0.25, 0.3) is 5.91 Å². The van der Waals surface area contributed by atoms with Gasteiger partial charge in [-0.15, -0.1) is 0 Å². The van der Waals surface area contributed by atoms with Gasteiger partial charge in [-0.25, -0.2) is 0 Å². The van der Waals surface area contributed by atoms with Crippen LogP contribution in [0.3, 0.4) is 0 Å². The summed E-state index contributed by atoms with van der Waals surface area (Å²) in [5, 5.41) is 5.25. The average molecular weight is 364 g/mol. The van der Waals surface area contributed by atoms with Crippen molar-refractivity contribution in [2.75, 3.05) is 5.32 Å². The van der Waals surface area contributed by atoms with Crippen molar-refractivity contribution in [2.45, 2.75) is 40.0 Å². The van der Waals surface area contributed by atoms with E-state index in [1.807, 2.05) is 20.8 Å². The summed E-state index contributed by atoms with van der Waals surface area (Å²) in [6.07, 6.45) is 1.57. The molecule has 0 atom stereocenters. The average Bonchev–Trinajstić information content (AvgIpc) is 2.52. The number of carbonyl (C=O) groups excluding carboxylic acids is 3. The van der Waals surface area contributed by atoms with Crippen LogP contribution in [0.15, 0.2) is 24.3 Å². The van der Waals surface area contributed by atoms with Gasteiger partial charge in [0.05, 0.1) is 0 Å². The molecule has 1 aromatic carbocycles. The van der Waals surface area contributed by atoms with Gasteiger partial charge in [0.1, 0.15) is 0 Å². The number of hydrogen-bond acceptors (Lipinski definition) is 4. The highest BCUT2D eigenvalue weighted by Gasteiger charge is 2.09. The van der Waals surface area contributed by atoms with Gasteiger partial charge >= 0.3 is 0 Å². The molecule has 0 aliphatic heterocycles. The molecule has 25 heavy (non-hydrogen) atoms. The summed E-state index contributed by atoms with van der Waals surface area (Å²) in [5.74, 6) is -0.474. The summed E-state index contributed by atoms with van der Waals surface area (Å²) in [5.41, 5.74) is 5.90. The van der Waals surface area contributed by atoms with E-state index in [0.29, 0.717) is 24.1 Å². The normalized spacial score (nSPS) is 10.1. The third kappa shape index (κ3) is 8.25. The van der Waals surface area contributed by atoms with Gasteiger partial charge in [0, 0.05) is 24.1 Å². The number of thiocarbonyl (C=S) groups is 1. The van der Waals surface area contributed by atoms with Gasteiger partial charge < -0.3 is 10.6 Å². The Bertz CT molecular complexity index is 629. The Hall–Kier alpha value is -2.48. The van der Waals surface area contributed by atoms with Crippen LogP contribution in [0, 0.1) is 5.92 Å². The summed E-state index contributed by atoms with van der Waals surface area (Å²) in [6.45, 7) is 5.77. The molecular weight excluding hydrogens is 340 g/mol. The predicted octanol–water partition coefficient (Wildman–Crippen LogP) is 2.11. The van der Waals surface area contributed by atoms with E-state index in [1.54, 1.807) is 24.3 Å². The molecule has 3 amide bonds. The monoisotopic (exact) mass is 364 g/mol. The van der Waals surface area contributed by atoms with Crippen LogP contribution in [0.2, 0.25) is 0 Å². The minimum absolute atomic E-state index is 0.0300. The molecule has 0 heterocycles. The number of benzene rings is 1. The molecule has 0 saturated carbocycles. The van der Waals surface area contributed by atoms with Gasteiger partial charge in [-0.3, -0.25) is 25.2 Å². The van der Waals surface area contributed by atoms with Gasteiger partial charge in [0.2, 0.25) is 11.8 Å². The number of hydrogen-bond donors (Lipinski definition) is 4. The van der Waals surface area contributed by atoms with Crippen LogP contribution in [0.1, 0.15) is 50.4 Å². The standard InChI is InChI=1S/C17H24N4O3S/c1-4-5-14(22)18-13-8-6-12(7-9-13)16(24)20-21-17(25)19-15(23)10-11(2)3/h6-9,11H,4-5,10H2,1-3H3,(H,18,22)(H,20,24)(H2,19,21,23,25). The fourth-order valence-corrected chi connectivity index (χ4v) is 2.09. The highest BCUT2D eigenvalue weighted by Crippen LogP contribution is 2.10. The first-order valence-corrected chi connectivity index (χ1v) is 8.52. The van der Waals surface area contributed by atoms with Crippen LogP contribution in [-0.4, -0.2) is 22.8 Å². The fraction of sp³-hybridized carbons (Fsp3) is 0.412. The van der Waals surface area contributed by atoms with E-state index in [2.05, 4.69) is 21.5 Å². The molecule has 0 saturated heterocycles. The second-order valence-electron chi connectivity index (χ2n) is 5.93. The second kappa shape index (κ2) is 10.4. The first-order chi connectivity index (χ1) is 11.8. The zero-order chi connectivity index (χ0) is 18.8. The van der Waals surface area contributed by atoms with Crippen molar-refractivity contribution in [3.05, 3.63) is 29.8 Å². The van der Waals surface area contributed by atoms with Crippen molar-refractivity contribution in [3.63, 3.8) is 0 Å². The molecule has 0 bridgehead atoms. The highest BCUT2D eigenvalue weighted by molar-refractivity contribution is 7.80. The van der Waals surface area contributed by atoms with Gasteiger partial charge in [0.15, 0.2) is 5.11 Å². The van der Waals surface area contributed by atoms with Gasteiger partial charge in [-0.05, 0) is 48.8 Å². The number of rotatable bonds is 6. The van der Waals surface area contributed by atoms with Crippen LogP contribution in [0.4, 0.5) is 5.69 Å². The van der Waals surface area contributed by atoms with E-state index in [-0.39, 0.29) is 22.8 Å². The lowest BCUT2D eigenvalue weighted by Gasteiger charge is -2.12. The van der Waals surface area contributed by atoms with Crippen molar-refractivity contribution in [2.24, 2.45) is 5.92 Å². The lowest BCUT2D eigenvalue weighted by Crippen LogP contribution is -2.48. The molecule has 1 rings (SSSR count). The van der Waals surface area contributed by atoms with Crippen molar-refractivity contribution < 1.29 is 14.4 Å². The quantitative estimate of drug-likeness (QED) is 0.458. The first kappa shape index (κ1) is 20.6. The van der Waals surface area contributed by atoms with Crippen molar-refractivity contribution in [1.82, 2.24) is 16.2 Å². The molecule has 0 aliphatic rings. The van der Waals surface area contributed by atoms with E-state index >= 15 is 0 Å². The molecule has 0 unspecified atom stereocenters. The zero-order valence-electron chi connectivity index (χ0n) is 14.6. The lowest BCUT2D eigenvalue weighted by atomic mass is 10.1. The molecule has 0 spiro atoms. The van der Waals surface area contributed by atoms with Crippen molar-refractivity contribution in [3.8, 4) is 0 Å². The van der Waals surface area contributed by atoms with E-state index in [0.717, 1.165) is 6.42 Å². The molecule has 7 nitrogen and oxygen atoms in total. The molecule has 136 valence electrons. The van der Waals surface area contributed by atoms with Crippen LogP contribution < -0.4 is 21.5 Å². The maximum atomic E-state index is 12.0. The van der Waals surface area contributed by atoms with E-state index in [9.17, 15) is 14.4 Å². The third-order valence-corrected chi connectivity index (χ3v) is 3.25. The Morgan fingerprint density at radius 3 is 2.24 bits per heavy atom. The van der Waals surface area contributed by atoms with Crippen LogP contribution in [0.5, 0.6) is 0 Å². The maximum absolute atomic E-state index is 12.0. The lowest BCUT2D eigenvalue weighted by molar-refractivity contribution is -0.120. The Kier molecular flexibility index (Phi) is 8.55. The topological polar surface area (TPSA) is 99.3 Å². The number of carbonyl (C=O) groups is 3. The molecule has 0 radical (unpaired) electrons. The van der Waals surface area contributed by atoms with E-state index < -0.39 is 5.91 Å². The Morgan fingerprint density at radius 1 is 1.04 bits per heavy atom. The molecule has 0 aliphatic carbocycles. The largest absolute Gasteiger partial charge is 0.326 e. The van der Waals surface area contributed by atoms with Crippen molar-refractivity contribution in [1.29, 1.82) is 0 Å². The number of anilines is 1. The first-order valence-electron chi connectivity index (χ1n) is 8.12. The maximum Gasteiger partial charge on any atom is 0.269 e. The van der Waals surface area contributed by atoms with Crippen LogP contribution in [-0.2, 0) is 9.59 Å². The fourth-order valence-electron chi connectivity index (χ4n) is 1.92. The summed E-state index contributed by atoms with van der Waals surface area (Å²) in [7, 11) is 0. The van der Waals surface area contributed by atoms with Gasteiger partial charge in [-0.1, -0.05) is 20.8 Å². The minimum atomic E-state index is -0.410. The van der Waals surface area contributed by atoms with E-state index in [4.69, 9.17) is 12.2 Å². The Balaban J connectivity index is 2.45. The van der Waals surface area contributed by atoms with Gasteiger partial charge in [-0.2, -0.15) is 0 Å². The molecule has 4 N–H and O–H groups in total. The van der Waals surface area contributed by atoms with Crippen LogP contribution in [0.25, 0.3) is 0 Å². The smallest absolute Gasteiger partial charge is 0.269 e. The summed E-state index contributed by atoms with van der Waals surface area (Å²) < 4.78 is 0. The summed E-state index contributed by atoms with van der Waals surface area (Å²) in [6, 6.07) is 6.45. The molecule has 0 fully saturated rings. The Morgan fingerprint density at radius 2 is 1.68 bits per heavy atom. The summed E-state index contributed by atoms with van der Waals surface area (Å²) >= 11 is 4.94. The second-order valence-corrected chi connectivity index (χ2v) is 6.34. The zero-order valence-corrected chi connectivity index (χ0v) is 15.5. The highest BCUT2D eigenvalue weighted by atomic mass is 32.1. The number of amides is 3. The summed E-state index contributed by atoms with van der Waals surface area (Å²) in [4.78, 5) is 35.1. The SMILES string of the molecule is CCCC(=O)Nc1ccc(C(=O)NNC(=S)NC(=O)CC(C)C)cc1. The number of hydrazine groups is 1. The predicted molar refractivity (Wildman–Crippen MR) is 101 cm³/mol.